The SMILES string of the molecule is CCCCCCCC[N+](C)(C)C.O=S(=O)([O-])O. The van der Waals surface area contributed by atoms with Gasteiger partial charge in [-0.05, 0) is 12.8 Å². The van der Waals surface area contributed by atoms with E-state index in [0.717, 1.165) is 4.48 Å². The highest BCUT2D eigenvalue weighted by Gasteiger charge is 2.04. The predicted molar refractivity (Wildman–Crippen MR) is 68.6 cm³/mol. The molecule has 0 aromatic heterocycles. The molecule has 1 N–H and O–H groups in total. The zero-order valence-electron chi connectivity index (χ0n) is 11.5. The zero-order valence-corrected chi connectivity index (χ0v) is 12.3. The number of rotatable bonds is 7. The van der Waals surface area contributed by atoms with Crippen LogP contribution < -0.4 is 0 Å². The highest BCUT2D eigenvalue weighted by Crippen LogP contribution is 2.06. The molecule has 0 aliphatic carbocycles. The third-order valence-corrected chi connectivity index (χ3v) is 2.18. The van der Waals surface area contributed by atoms with Gasteiger partial charge in [0.05, 0.1) is 27.7 Å². The zero-order chi connectivity index (χ0) is 13.9. The number of hydrogen-bond acceptors (Lipinski definition) is 3. The largest absolute Gasteiger partial charge is 0.726 e. The quantitative estimate of drug-likeness (QED) is 0.332. The first kappa shape index (κ1) is 19.2. The minimum Gasteiger partial charge on any atom is -0.726 e. The molecule has 6 heteroatoms. The number of quaternary nitrogens is 1. The van der Waals surface area contributed by atoms with Crippen molar-refractivity contribution in [2.75, 3.05) is 27.7 Å². The molecule has 0 aliphatic rings. The van der Waals surface area contributed by atoms with Gasteiger partial charge in [-0.2, -0.15) is 0 Å². The van der Waals surface area contributed by atoms with Crippen LogP contribution in [0.25, 0.3) is 0 Å². The highest BCUT2D eigenvalue weighted by atomic mass is 32.3. The maximum absolute atomic E-state index is 8.63. The van der Waals surface area contributed by atoms with E-state index in [0.29, 0.717) is 0 Å². The molecular formula is C11H27NO4S. The Labute approximate surface area is 106 Å². The van der Waals surface area contributed by atoms with E-state index >= 15 is 0 Å². The van der Waals surface area contributed by atoms with Crippen molar-refractivity contribution in [3.8, 4) is 0 Å². The molecule has 0 saturated carbocycles. The van der Waals surface area contributed by atoms with Gasteiger partial charge in [-0.25, -0.2) is 8.42 Å². The van der Waals surface area contributed by atoms with Crippen molar-refractivity contribution in [1.82, 2.24) is 0 Å². The Balaban J connectivity index is 0. The molecule has 0 unspecified atom stereocenters. The van der Waals surface area contributed by atoms with Crippen LogP contribution in [0.4, 0.5) is 0 Å². The fourth-order valence-corrected chi connectivity index (χ4v) is 1.37. The molecule has 0 heterocycles. The first-order valence-corrected chi connectivity index (χ1v) is 7.41. The van der Waals surface area contributed by atoms with Gasteiger partial charge in [0.1, 0.15) is 0 Å². The Morgan fingerprint density at radius 3 is 1.71 bits per heavy atom. The standard InChI is InChI=1S/C11H26N.H2O4S/c1-5-6-7-8-9-10-11-12(2,3)4;1-5(2,3)4/h5-11H2,1-4H3;(H2,1,2,3,4)/q+1;/p-1. The summed E-state index contributed by atoms with van der Waals surface area (Å²) in [7, 11) is 1.89. The second-order valence-electron chi connectivity index (χ2n) is 5.21. The predicted octanol–water partition coefficient (Wildman–Crippen LogP) is 2.06. The van der Waals surface area contributed by atoms with E-state index in [9.17, 15) is 0 Å². The molecule has 17 heavy (non-hydrogen) atoms. The molecule has 0 aromatic rings. The van der Waals surface area contributed by atoms with Crippen molar-refractivity contribution in [2.24, 2.45) is 0 Å². The van der Waals surface area contributed by atoms with Crippen LogP contribution in [0.3, 0.4) is 0 Å². The van der Waals surface area contributed by atoms with E-state index in [1.54, 1.807) is 0 Å². The van der Waals surface area contributed by atoms with Gasteiger partial charge in [0.25, 0.3) is 0 Å². The highest BCUT2D eigenvalue weighted by molar-refractivity contribution is 7.79. The van der Waals surface area contributed by atoms with Crippen LogP contribution in [-0.4, -0.2) is 49.7 Å². The topological polar surface area (TPSA) is 77.4 Å². The second kappa shape index (κ2) is 9.82. The molecule has 0 amide bonds. The van der Waals surface area contributed by atoms with Gasteiger partial charge in [0, 0.05) is 0 Å². The fraction of sp³-hybridized carbons (Fsp3) is 1.00. The van der Waals surface area contributed by atoms with Crippen LogP contribution in [0, 0.1) is 0 Å². The molecule has 0 spiro atoms. The minimum absolute atomic E-state index is 1.12. The van der Waals surface area contributed by atoms with E-state index in [2.05, 4.69) is 28.1 Å². The third-order valence-electron chi connectivity index (χ3n) is 2.18. The Morgan fingerprint density at radius 1 is 1.00 bits per heavy atom. The first-order chi connectivity index (χ1) is 7.56. The molecule has 0 aromatic carbocycles. The third kappa shape index (κ3) is 38.8. The second-order valence-corrected chi connectivity index (χ2v) is 6.06. The summed E-state index contributed by atoms with van der Waals surface area (Å²) in [6, 6.07) is 0. The Bertz CT molecular complexity index is 249. The van der Waals surface area contributed by atoms with E-state index in [-0.39, 0.29) is 0 Å². The fourth-order valence-electron chi connectivity index (χ4n) is 1.37. The summed E-state index contributed by atoms with van der Waals surface area (Å²) in [5.41, 5.74) is 0. The smallest absolute Gasteiger partial charge is 0.215 e. The van der Waals surface area contributed by atoms with Crippen molar-refractivity contribution in [1.29, 1.82) is 0 Å². The van der Waals surface area contributed by atoms with Crippen LogP contribution >= 0.6 is 0 Å². The molecule has 106 valence electrons. The lowest BCUT2D eigenvalue weighted by molar-refractivity contribution is -0.870. The van der Waals surface area contributed by atoms with Crippen molar-refractivity contribution in [3.63, 3.8) is 0 Å². The van der Waals surface area contributed by atoms with E-state index < -0.39 is 10.4 Å². The lowest BCUT2D eigenvalue weighted by atomic mass is 10.1. The van der Waals surface area contributed by atoms with Crippen molar-refractivity contribution < 1.29 is 22.0 Å². The maximum atomic E-state index is 8.63. The molecule has 0 atom stereocenters. The van der Waals surface area contributed by atoms with Crippen LogP contribution in [-0.2, 0) is 10.4 Å². The maximum Gasteiger partial charge on any atom is 0.215 e. The molecule has 0 saturated heterocycles. The number of unbranched alkanes of at least 4 members (excludes halogenated alkanes) is 5. The van der Waals surface area contributed by atoms with Crippen molar-refractivity contribution >= 4 is 10.4 Å². The Hall–Kier alpha value is -0.170. The van der Waals surface area contributed by atoms with Gasteiger partial charge in [-0.1, -0.05) is 32.6 Å². The summed E-state index contributed by atoms with van der Waals surface area (Å²) in [6.45, 7) is 3.60. The van der Waals surface area contributed by atoms with E-state index in [1.807, 2.05) is 0 Å². The van der Waals surface area contributed by atoms with E-state index in [1.165, 1.54) is 45.1 Å². The molecular weight excluding hydrogens is 242 g/mol. The van der Waals surface area contributed by atoms with Gasteiger partial charge in [-0.3, -0.25) is 4.55 Å². The summed E-state index contributed by atoms with van der Waals surface area (Å²) in [5.74, 6) is 0. The lowest BCUT2D eigenvalue weighted by Gasteiger charge is -2.23. The summed E-state index contributed by atoms with van der Waals surface area (Å²) in [4.78, 5) is 0. The molecule has 0 fully saturated rings. The van der Waals surface area contributed by atoms with Crippen molar-refractivity contribution in [3.05, 3.63) is 0 Å². The van der Waals surface area contributed by atoms with Gasteiger partial charge in [0.2, 0.25) is 10.4 Å². The summed E-state index contributed by atoms with van der Waals surface area (Å²) in [6.07, 6.45) is 8.48. The van der Waals surface area contributed by atoms with Gasteiger partial charge >= 0.3 is 0 Å². The van der Waals surface area contributed by atoms with Gasteiger partial charge < -0.3 is 9.04 Å². The van der Waals surface area contributed by atoms with Gasteiger partial charge in [-0.15, -0.1) is 0 Å². The first-order valence-electron chi connectivity index (χ1n) is 6.05. The molecule has 5 nitrogen and oxygen atoms in total. The van der Waals surface area contributed by atoms with Crippen LogP contribution in [0.2, 0.25) is 0 Å². The van der Waals surface area contributed by atoms with E-state index in [4.69, 9.17) is 17.5 Å². The Morgan fingerprint density at radius 2 is 1.35 bits per heavy atom. The summed E-state index contributed by atoms with van der Waals surface area (Å²) >= 11 is 0. The monoisotopic (exact) mass is 269 g/mol. The number of nitrogens with zero attached hydrogens (tertiary/aromatic N) is 1. The molecule has 0 rings (SSSR count). The summed E-state index contributed by atoms with van der Waals surface area (Å²) in [5, 5.41) is 0. The Kier molecular flexibility index (Phi) is 11.1. The summed E-state index contributed by atoms with van der Waals surface area (Å²) < 4.78 is 34.0. The molecule has 0 radical (unpaired) electrons. The van der Waals surface area contributed by atoms with Crippen LogP contribution in [0.1, 0.15) is 45.4 Å². The van der Waals surface area contributed by atoms with Crippen LogP contribution in [0.5, 0.6) is 0 Å². The minimum atomic E-state index is -4.92. The molecule has 0 aliphatic heterocycles. The average Bonchev–Trinajstić information content (AvgIpc) is 2.06. The average molecular weight is 269 g/mol. The number of hydrogen-bond donors (Lipinski definition) is 1. The molecule has 0 bridgehead atoms. The van der Waals surface area contributed by atoms with Gasteiger partial charge in [0.15, 0.2) is 0 Å². The normalized spacial score (nSPS) is 11.9. The van der Waals surface area contributed by atoms with Crippen molar-refractivity contribution in [2.45, 2.75) is 45.4 Å². The lowest BCUT2D eigenvalue weighted by Crippen LogP contribution is -2.35. The van der Waals surface area contributed by atoms with Crippen LogP contribution in [0.15, 0.2) is 0 Å².